The Hall–Kier alpha value is 1.38. The molecule has 5 atom stereocenters. The second-order valence-corrected chi connectivity index (χ2v) is 11.3. The Balaban J connectivity index is 1.69. The molecule has 0 amide bonds. The molecule has 4 heteroatoms. The van der Waals surface area contributed by atoms with Crippen molar-refractivity contribution in [2.75, 3.05) is 17.5 Å². The standard InChI is InChI=1S/C14H27I2N2/c1-9(2)13-6-11(8-18-13)16-7-10(3)14-12(15)4-5-17-14/h9-14,17-18H,4-8H2,1-3H3/q-1. The molecule has 2 heterocycles. The summed E-state index contributed by atoms with van der Waals surface area (Å²) in [6.45, 7) is 9.71. The second-order valence-electron chi connectivity index (χ2n) is 6.16. The zero-order chi connectivity index (χ0) is 13.1. The summed E-state index contributed by atoms with van der Waals surface area (Å²) in [6.07, 6.45) is 2.82. The van der Waals surface area contributed by atoms with Crippen molar-refractivity contribution in [2.45, 2.75) is 53.5 Å². The molecule has 2 rings (SSSR count). The number of halogens is 2. The number of hydrogen-bond donors (Lipinski definition) is 2. The quantitative estimate of drug-likeness (QED) is 0.403. The number of nitrogens with one attached hydrogen (secondary N) is 2. The summed E-state index contributed by atoms with van der Waals surface area (Å²) in [6, 6.07) is 1.59. The van der Waals surface area contributed by atoms with Gasteiger partial charge in [-0.2, -0.15) is 0 Å². The van der Waals surface area contributed by atoms with Crippen molar-refractivity contribution in [3.63, 3.8) is 0 Å². The van der Waals surface area contributed by atoms with Gasteiger partial charge < -0.3 is 0 Å². The zero-order valence-corrected chi connectivity index (χ0v) is 16.1. The molecule has 108 valence electrons. The summed E-state index contributed by atoms with van der Waals surface area (Å²) >= 11 is 3.03. The molecule has 0 spiro atoms. The van der Waals surface area contributed by atoms with E-state index in [9.17, 15) is 0 Å². The van der Waals surface area contributed by atoms with Crippen LogP contribution < -0.4 is 31.8 Å². The van der Waals surface area contributed by atoms with Crippen LogP contribution in [0.4, 0.5) is 0 Å². The Morgan fingerprint density at radius 3 is 2.61 bits per heavy atom. The number of rotatable bonds is 5. The van der Waals surface area contributed by atoms with E-state index in [-0.39, 0.29) is 0 Å². The van der Waals surface area contributed by atoms with E-state index in [1.165, 1.54) is 30.4 Å². The van der Waals surface area contributed by atoms with E-state index < -0.39 is 0 Å². The molecule has 0 aliphatic carbocycles. The average Bonchev–Trinajstić information content (AvgIpc) is 2.94. The molecule has 2 N–H and O–H groups in total. The van der Waals surface area contributed by atoms with Gasteiger partial charge in [-0.3, -0.25) is 0 Å². The van der Waals surface area contributed by atoms with Gasteiger partial charge in [0.1, 0.15) is 0 Å². The second kappa shape index (κ2) is 7.41. The van der Waals surface area contributed by atoms with Crippen molar-refractivity contribution in [2.24, 2.45) is 11.8 Å². The third-order valence-electron chi connectivity index (χ3n) is 4.27. The third-order valence-corrected chi connectivity index (χ3v) is 9.76. The molecule has 0 saturated carbocycles. The fourth-order valence-electron chi connectivity index (χ4n) is 2.96. The van der Waals surface area contributed by atoms with Crippen LogP contribution in [0.1, 0.15) is 33.6 Å². The van der Waals surface area contributed by atoms with Crippen LogP contribution >= 0.6 is 22.6 Å². The van der Waals surface area contributed by atoms with E-state index in [2.05, 4.69) is 54.0 Å². The first kappa shape index (κ1) is 15.8. The summed E-state index contributed by atoms with van der Waals surface area (Å²) in [7, 11) is 0. The first-order chi connectivity index (χ1) is 8.58. The van der Waals surface area contributed by atoms with Crippen molar-refractivity contribution in [3.8, 4) is 0 Å². The van der Waals surface area contributed by atoms with E-state index in [1.54, 1.807) is 0 Å². The first-order valence-corrected chi connectivity index (χ1v) is 11.3. The monoisotopic (exact) mass is 477 g/mol. The van der Waals surface area contributed by atoms with Gasteiger partial charge >= 0.3 is 137 Å². The molecule has 18 heavy (non-hydrogen) atoms. The van der Waals surface area contributed by atoms with E-state index in [4.69, 9.17) is 0 Å². The van der Waals surface area contributed by atoms with Gasteiger partial charge in [0.05, 0.1) is 0 Å². The Morgan fingerprint density at radius 1 is 1.28 bits per heavy atom. The van der Waals surface area contributed by atoms with E-state index >= 15 is 0 Å². The first-order valence-electron chi connectivity index (χ1n) is 7.26. The molecule has 2 fully saturated rings. The van der Waals surface area contributed by atoms with E-state index in [0.717, 1.165) is 31.8 Å². The van der Waals surface area contributed by atoms with Gasteiger partial charge in [-0.15, -0.1) is 0 Å². The Bertz CT molecular complexity index is 260. The fourth-order valence-corrected chi connectivity index (χ4v) is 7.78. The van der Waals surface area contributed by atoms with Crippen LogP contribution in [0.5, 0.6) is 0 Å². The molecule has 2 nitrogen and oxygen atoms in total. The minimum absolute atomic E-state index is 0.385. The van der Waals surface area contributed by atoms with Crippen LogP contribution in [0.3, 0.4) is 0 Å². The summed E-state index contributed by atoms with van der Waals surface area (Å²) in [5.41, 5.74) is 0. The van der Waals surface area contributed by atoms with Crippen molar-refractivity contribution in [3.05, 3.63) is 0 Å². The maximum absolute atomic E-state index is 3.72. The van der Waals surface area contributed by atoms with Gasteiger partial charge in [0.25, 0.3) is 0 Å². The molecule has 0 aromatic heterocycles. The Labute approximate surface area is 136 Å². The zero-order valence-electron chi connectivity index (χ0n) is 11.8. The predicted molar refractivity (Wildman–Crippen MR) is 83.3 cm³/mol. The molecule has 2 aliphatic heterocycles. The van der Waals surface area contributed by atoms with Crippen molar-refractivity contribution < 1.29 is 21.2 Å². The maximum atomic E-state index is 3.72. The molecule has 0 aromatic rings. The van der Waals surface area contributed by atoms with Crippen LogP contribution in [0.25, 0.3) is 0 Å². The van der Waals surface area contributed by atoms with Crippen molar-refractivity contribution in [1.82, 2.24) is 10.6 Å². The molecule has 0 radical (unpaired) electrons. The summed E-state index contributed by atoms with van der Waals surface area (Å²) in [5, 5.41) is 7.42. The molecule has 5 unspecified atom stereocenters. The molecule has 2 saturated heterocycles. The molecule has 2 aliphatic rings. The molecule has 0 bridgehead atoms. The Morgan fingerprint density at radius 2 is 2.06 bits per heavy atom. The van der Waals surface area contributed by atoms with Gasteiger partial charge in [-0.1, -0.05) is 0 Å². The Kier molecular flexibility index (Phi) is 6.49. The predicted octanol–water partition coefficient (Wildman–Crippen LogP) is -0.736. The van der Waals surface area contributed by atoms with Crippen LogP contribution in [-0.4, -0.2) is 37.5 Å². The summed E-state index contributed by atoms with van der Waals surface area (Å²) in [4.78, 5) is 0. The summed E-state index contributed by atoms with van der Waals surface area (Å²) < 4.78 is 3.41. The van der Waals surface area contributed by atoms with Crippen LogP contribution in [-0.2, 0) is 0 Å². The fraction of sp³-hybridized carbons (Fsp3) is 1.00. The van der Waals surface area contributed by atoms with E-state index in [1.807, 2.05) is 0 Å². The topological polar surface area (TPSA) is 24.1 Å². The number of hydrogen-bond acceptors (Lipinski definition) is 2. The molecular weight excluding hydrogens is 450 g/mol. The van der Waals surface area contributed by atoms with Crippen LogP contribution in [0, 0.1) is 11.8 Å². The van der Waals surface area contributed by atoms with Gasteiger partial charge in [0.2, 0.25) is 0 Å². The van der Waals surface area contributed by atoms with E-state index in [0.29, 0.717) is 21.2 Å². The van der Waals surface area contributed by atoms with Gasteiger partial charge in [-0.25, -0.2) is 0 Å². The molecular formula is C14H27I2N2-. The van der Waals surface area contributed by atoms with Crippen molar-refractivity contribution >= 4 is 22.6 Å². The van der Waals surface area contributed by atoms with Crippen molar-refractivity contribution in [1.29, 1.82) is 0 Å². The van der Waals surface area contributed by atoms with Crippen LogP contribution in [0.2, 0.25) is 0 Å². The van der Waals surface area contributed by atoms with Gasteiger partial charge in [0, 0.05) is 0 Å². The third kappa shape index (κ3) is 4.19. The number of alkyl halides is 3. The molecule has 0 aromatic carbocycles. The van der Waals surface area contributed by atoms with Gasteiger partial charge in [-0.05, 0) is 0 Å². The normalized spacial score (nSPS) is 38.7. The SMILES string of the molecule is CC(C)C1CC([I-]CC(C)C2NCCC2I)CN1. The van der Waals surface area contributed by atoms with Crippen LogP contribution in [0.15, 0.2) is 0 Å². The minimum atomic E-state index is 0.385. The summed E-state index contributed by atoms with van der Waals surface area (Å²) in [5.74, 6) is 1.70. The average molecular weight is 477 g/mol. The van der Waals surface area contributed by atoms with Gasteiger partial charge in [0.15, 0.2) is 0 Å².